The molecule has 0 spiro atoms. The Bertz CT molecular complexity index is 1180. The van der Waals surface area contributed by atoms with E-state index >= 15 is 0 Å². The number of pyridine rings is 1. The molecule has 1 aliphatic heterocycles. The average Bonchev–Trinajstić information content (AvgIpc) is 3.24. The molecular weight excluding hydrogens is 394 g/mol. The first-order chi connectivity index (χ1) is 14.9. The van der Waals surface area contributed by atoms with Gasteiger partial charge in [-0.05, 0) is 43.5 Å². The van der Waals surface area contributed by atoms with Crippen molar-refractivity contribution in [1.82, 2.24) is 19.7 Å². The van der Waals surface area contributed by atoms with E-state index in [4.69, 9.17) is 26.7 Å². The quantitative estimate of drug-likeness (QED) is 0.541. The minimum atomic E-state index is -0.452. The normalized spacial score (nSPS) is 16.7. The van der Waals surface area contributed by atoms with Crippen LogP contribution in [0.1, 0.15) is 31.4 Å². The van der Waals surface area contributed by atoms with Gasteiger partial charge in [0.05, 0.1) is 17.0 Å². The number of fused-ring (bicyclic) bond motifs is 3. The molecular formula is C22H27N7O2. The number of nitrogens with one attached hydrogen (secondary N) is 1. The molecule has 1 fully saturated rings. The summed E-state index contributed by atoms with van der Waals surface area (Å²) < 4.78 is 7.07. The van der Waals surface area contributed by atoms with Gasteiger partial charge in [0.1, 0.15) is 17.4 Å². The van der Waals surface area contributed by atoms with Gasteiger partial charge in [0.25, 0.3) is 0 Å². The fourth-order valence-corrected chi connectivity index (χ4v) is 4.05. The number of anilines is 1. The van der Waals surface area contributed by atoms with Crippen molar-refractivity contribution >= 4 is 45.4 Å². The summed E-state index contributed by atoms with van der Waals surface area (Å²) in [6, 6.07) is 5.13. The van der Waals surface area contributed by atoms with E-state index in [2.05, 4.69) is 4.98 Å². The van der Waals surface area contributed by atoms with Crippen LogP contribution in [0.3, 0.4) is 0 Å². The number of nitrogen functional groups attached to an aromatic ring is 1. The maximum atomic E-state index is 13.0. The smallest absolute Gasteiger partial charge is 0.247 e. The van der Waals surface area contributed by atoms with Crippen LogP contribution in [0.5, 0.6) is 0 Å². The number of methoxy groups -OCH3 is 1. The highest BCUT2D eigenvalue weighted by Gasteiger charge is 2.27. The third-order valence-electron chi connectivity index (χ3n) is 5.94. The number of hydrogen-bond donors (Lipinski definition) is 3. The Labute approximate surface area is 180 Å². The van der Waals surface area contributed by atoms with Crippen LogP contribution in [-0.4, -0.2) is 58.1 Å². The zero-order valence-corrected chi connectivity index (χ0v) is 17.7. The number of hydrogen-bond acceptors (Lipinski definition) is 7. The zero-order valence-electron chi connectivity index (χ0n) is 17.7. The molecule has 9 heteroatoms. The molecule has 3 heterocycles. The Morgan fingerprint density at radius 1 is 1.32 bits per heavy atom. The number of amides is 1. The lowest BCUT2D eigenvalue weighted by atomic mass is 10.1. The van der Waals surface area contributed by atoms with E-state index in [1.165, 1.54) is 6.08 Å². The molecule has 3 aromatic rings. The van der Waals surface area contributed by atoms with Crippen molar-refractivity contribution in [3.8, 4) is 0 Å². The first-order valence-corrected chi connectivity index (χ1v) is 10.3. The lowest BCUT2D eigenvalue weighted by molar-refractivity contribution is -0.136. The summed E-state index contributed by atoms with van der Waals surface area (Å²) in [6.45, 7) is 3.22. The van der Waals surface area contributed by atoms with Crippen LogP contribution in [0.25, 0.3) is 27.5 Å². The van der Waals surface area contributed by atoms with Crippen molar-refractivity contribution in [2.75, 3.05) is 25.9 Å². The van der Waals surface area contributed by atoms with Gasteiger partial charge in [-0.25, -0.2) is 4.98 Å². The van der Waals surface area contributed by atoms with Crippen LogP contribution in [0.4, 0.5) is 5.82 Å². The van der Waals surface area contributed by atoms with Gasteiger partial charge in [0.15, 0.2) is 0 Å². The molecule has 1 aromatic carbocycles. The van der Waals surface area contributed by atoms with Crippen molar-refractivity contribution < 1.29 is 9.53 Å². The third kappa shape index (κ3) is 3.84. The first kappa shape index (κ1) is 20.8. The molecule has 1 unspecified atom stereocenters. The molecule has 0 saturated carbocycles. The molecule has 1 aliphatic rings. The number of carbonyl (C=O) groups excluding carboxylic acids is 1. The third-order valence-corrected chi connectivity index (χ3v) is 5.94. The second-order valence-electron chi connectivity index (χ2n) is 7.83. The standard InChI is InChI=1S/C22H27N7O2/c1-13(22(30)28-9-6-15(31-2)7-10-28)29-12-17-20(27-29)16-4-3-14(18(24)5-8-23)11-19(16)26-21(17)25/h3-5,8,11-13,15,23H,6-7,9-10,24H2,1-2H3,(H2,25,26)/b18-5-,23-8?. The lowest BCUT2D eigenvalue weighted by Crippen LogP contribution is -2.43. The van der Waals surface area contributed by atoms with Gasteiger partial charge in [0.2, 0.25) is 5.91 Å². The second kappa shape index (κ2) is 8.35. The molecule has 4 rings (SSSR count). The number of piperidine rings is 1. The van der Waals surface area contributed by atoms with Crippen LogP contribution >= 0.6 is 0 Å². The largest absolute Gasteiger partial charge is 0.398 e. The highest BCUT2D eigenvalue weighted by Crippen LogP contribution is 2.29. The SMILES string of the molecule is COC1CCN(C(=O)C(C)n2cc3c(N)nc4cc(/C(N)=C/C=N)ccc4c3n2)CC1. The zero-order chi connectivity index (χ0) is 22.1. The number of nitrogens with two attached hydrogens (primary N) is 2. The van der Waals surface area contributed by atoms with Gasteiger partial charge in [-0.1, -0.05) is 6.07 Å². The Morgan fingerprint density at radius 3 is 2.74 bits per heavy atom. The van der Waals surface area contributed by atoms with E-state index < -0.39 is 6.04 Å². The van der Waals surface area contributed by atoms with Crippen LogP contribution in [0.2, 0.25) is 0 Å². The van der Waals surface area contributed by atoms with Gasteiger partial charge >= 0.3 is 0 Å². The number of likely N-dealkylation sites (tertiary alicyclic amines) is 1. The maximum Gasteiger partial charge on any atom is 0.247 e. The van der Waals surface area contributed by atoms with E-state index in [0.29, 0.717) is 41.0 Å². The molecule has 9 nitrogen and oxygen atoms in total. The van der Waals surface area contributed by atoms with Gasteiger partial charge in [-0.15, -0.1) is 0 Å². The molecule has 0 bridgehead atoms. The van der Waals surface area contributed by atoms with Crippen molar-refractivity contribution in [3.05, 3.63) is 36.0 Å². The summed E-state index contributed by atoms with van der Waals surface area (Å²) in [5.41, 5.74) is 14.8. The highest BCUT2D eigenvalue weighted by molar-refractivity contribution is 6.08. The average molecular weight is 422 g/mol. The predicted octanol–water partition coefficient (Wildman–Crippen LogP) is 2.31. The second-order valence-corrected chi connectivity index (χ2v) is 7.83. The predicted molar refractivity (Wildman–Crippen MR) is 122 cm³/mol. The summed E-state index contributed by atoms with van der Waals surface area (Å²) in [5, 5.41) is 13.4. The molecule has 0 aliphatic carbocycles. The number of allylic oxidation sites excluding steroid dienone is 1. The minimum absolute atomic E-state index is 0.0324. The summed E-state index contributed by atoms with van der Waals surface area (Å²) in [7, 11) is 1.71. The van der Waals surface area contributed by atoms with Crippen molar-refractivity contribution in [1.29, 1.82) is 5.41 Å². The van der Waals surface area contributed by atoms with Crippen molar-refractivity contribution in [2.24, 2.45) is 5.73 Å². The minimum Gasteiger partial charge on any atom is -0.398 e. The van der Waals surface area contributed by atoms with E-state index in [9.17, 15) is 4.79 Å². The highest BCUT2D eigenvalue weighted by atomic mass is 16.5. The van der Waals surface area contributed by atoms with Gasteiger partial charge in [-0.2, -0.15) is 5.10 Å². The van der Waals surface area contributed by atoms with Crippen LogP contribution in [0.15, 0.2) is 30.5 Å². The Balaban J connectivity index is 1.67. The summed E-state index contributed by atoms with van der Waals surface area (Å²) in [4.78, 5) is 19.4. The lowest BCUT2D eigenvalue weighted by Gasteiger charge is -2.32. The molecule has 1 saturated heterocycles. The summed E-state index contributed by atoms with van der Waals surface area (Å²) in [6.07, 6.45) is 6.35. The molecule has 5 N–H and O–H groups in total. The van der Waals surface area contributed by atoms with E-state index in [0.717, 1.165) is 30.0 Å². The molecule has 31 heavy (non-hydrogen) atoms. The number of benzene rings is 1. The number of ether oxygens (including phenoxy) is 1. The fraction of sp³-hybridized carbons (Fsp3) is 0.364. The van der Waals surface area contributed by atoms with Crippen molar-refractivity contribution in [3.63, 3.8) is 0 Å². The van der Waals surface area contributed by atoms with Crippen LogP contribution in [-0.2, 0) is 9.53 Å². The molecule has 1 atom stereocenters. The monoisotopic (exact) mass is 421 g/mol. The molecule has 2 aromatic heterocycles. The Kier molecular flexibility index (Phi) is 5.60. The maximum absolute atomic E-state index is 13.0. The van der Waals surface area contributed by atoms with Gasteiger partial charge in [0, 0.05) is 43.7 Å². The van der Waals surface area contributed by atoms with Gasteiger partial charge in [-0.3, -0.25) is 9.48 Å². The summed E-state index contributed by atoms with van der Waals surface area (Å²) >= 11 is 0. The van der Waals surface area contributed by atoms with E-state index in [-0.39, 0.29) is 12.0 Å². The molecule has 162 valence electrons. The molecule has 0 radical (unpaired) electrons. The Morgan fingerprint density at radius 2 is 2.06 bits per heavy atom. The topological polar surface area (TPSA) is 136 Å². The van der Waals surface area contributed by atoms with Crippen molar-refractivity contribution in [2.45, 2.75) is 31.9 Å². The van der Waals surface area contributed by atoms with Crippen LogP contribution < -0.4 is 11.5 Å². The Hall–Kier alpha value is -3.46. The number of rotatable bonds is 5. The number of carbonyl (C=O) groups is 1. The van der Waals surface area contributed by atoms with Crippen LogP contribution in [0, 0.1) is 5.41 Å². The van der Waals surface area contributed by atoms with E-state index in [1.54, 1.807) is 18.0 Å². The number of nitrogens with zero attached hydrogens (tertiary/aromatic N) is 4. The van der Waals surface area contributed by atoms with E-state index in [1.807, 2.05) is 30.0 Å². The summed E-state index contributed by atoms with van der Waals surface area (Å²) in [5.74, 6) is 0.381. The fourth-order valence-electron chi connectivity index (χ4n) is 4.05. The molecule has 1 amide bonds. The number of aromatic nitrogens is 3. The first-order valence-electron chi connectivity index (χ1n) is 10.3. The van der Waals surface area contributed by atoms with Gasteiger partial charge < -0.3 is 26.5 Å².